The van der Waals surface area contributed by atoms with Gasteiger partial charge < -0.3 is 10.1 Å². The Kier molecular flexibility index (Phi) is 2.83. The molecule has 1 aromatic carbocycles. The van der Waals surface area contributed by atoms with Crippen molar-refractivity contribution < 1.29 is 4.74 Å². The molecule has 1 aliphatic heterocycles. The van der Waals surface area contributed by atoms with Crippen LogP contribution in [0.2, 0.25) is 0 Å². The summed E-state index contributed by atoms with van der Waals surface area (Å²) in [5.41, 5.74) is 2.90. The van der Waals surface area contributed by atoms with Crippen molar-refractivity contribution in [2.45, 2.75) is 44.8 Å². The number of nitrogens with one attached hydrogen (secondary N) is 1. The predicted octanol–water partition coefficient (Wildman–Crippen LogP) is 2.65. The molecule has 1 N–H and O–H groups in total. The quantitative estimate of drug-likeness (QED) is 0.822. The van der Waals surface area contributed by atoms with Gasteiger partial charge in [0.2, 0.25) is 0 Å². The highest BCUT2D eigenvalue weighted by molar-refractivity contribution is 5.37. The van der Waals surface area contributed by atoms with E-state index in [9.17, 15) is 0 Å². The van der Waals surface area contributed by atoms with Crippen LogP contribution >= 0.6 is 0 Å². The van der Waals surface area contributed by atoms with E-state index in [-0.39, 0.29) is 0 Å². The number of hydrogen-bond acceptors (Lipinski definition) is 2. The number of hydrogen-bond donors (Lipinski definition) is 1. The topological polar surface area (TPSA) is 21.3 Å². The molecule has 2 aliphatic rings. The van der Waals surface area contributed by atoms with Gasteiger partial charge in [-0.2, -0.15) is 0 Å². The van der Waals surface area contributed by atoms with Gasteiger partial charge in [0.15, 0.2) is 0 Å². The van der Waals surface area contributed by atoms with Gasteiger partial charge in [0.05, 0.1) is 6.10 Å². The van der Waals surface area contributed by atoms with Gasteiger partial charge in [0.1, 0.15) is 5.75 Å². The molecular formula is C14H19NO. The van der Waals surface area contributed by atoms with Crippen molar-refractivity contribution in [3.8, 4) is 5.75 Å². The first-order valence-electron chi connectivity index (χ1n) is 6.41. The Morgan fingerprint density at radius 2 is 2.00 bits per heavy atom. The summed E-state index contributed by atoms with van der Waals surface area (Å²) >= 11 is 0. The number of fused-ring (bicyclic) bond motifs is 1. The first kappa shape index (κ1) is 10.2. The second-order valence-corrected chi connectivity index (χ2v) is 4.88. The smallest absolute Gasteiger partial charge is 0.120 e. The lowest BCUT2D eigenvalue weighted by atomic mass is 10.0. The van der Waals surface area contributed by atoms with Gasteiger partial charge in [-0.05, 0) is 61.9 Å². The van der Waals surface area contributed by atoms with Crippen molar-refractivity contribution in [3.63, 3.8) is 0 Å². The molecule has 1 fully saturated rings. The van der Waals surface area contributed by atoms with E-state index < -0.39 is 0 Å². The summed E-state index contributed by atoms with van der Waals surface area (Å²) in [5, 5.41) is 3.41. The third-order valence-electron chi connectivity index (χ3n) is 3.67. The Morgan fingerprint density at radius 1 is 1.12 bits per heavy atom. The summed E-state index contributed by atoms with van der Waals surface area (Å²) in [6.07, 6.45) is 6.74. The minimum atomic E-state index is 0.467. The molecule has 0 amide bonds. The summed E-state index contributed by atoms with van der Waals surface area (Å²) in [7, 11) is 0. The van der Waals surface area contributed by atoms with Crippen LogP contribution in [-0.2, 0) is 13.0 Å². The largest absolute Gasteiger partial charge is 0.490 e. The van der Waals surface area contributed by atoms with Crippen LogP contribution in [0.4, 0.5) is 0 Å². The second kappa shape index (κ2) is 4.46. The first-order valence-corrected chi connectivity index (χ1v) is 6.41. The fraction of sp³-hybridized carbons (Fsp3) is 0.571. The molecule has 86 valence electrons. The molecule has 0 saturated heterocycles. The highest BCUT2D eigenvalue weighted by atomic mass is 16.5. The van der Waals surface area contributed by atoms with E-state index >= 15 is 0 Å². The Bertz CT molecular complexity index is 369. The molecule has 0 bridgehead atoms. The van der Waals surface area contributed by atoms with Gasteiger partial charge in [0.25, 0.3) is 0 Å². The van der Waals surface area contributed by atoms with E-state index in [0.717, 1.165) is 25.3 Å². The van der Waals surface area contributed by atoms with Crippen LogP contribution < -0.4 is 10.1 Å². The van der Waals surface area contributed by atoms with Gasteiger partial charge in [-0.25, -0.2) is 0 Å². The second-order valence-electron chi connectivity index (χ2n) is 4.88. The summed E-state index contributed by atoms with van der Waals surface area (Å²) in [6, 6.07) is 6.60. The first-order chi connectivity index (χ1) is 7.92. The third-order valence-corrected chi connectivity index (χ3v) is 3.67. The Hall–Kier alpha value is -1.02. The highest BCUT2D eigenvalue weighted by Crippen LogP contribution is 2.26. The maximum atomic E-state index is 6.01. The van der Waals surface area contributed by atoms with Gasteiger partial charge >= 0.3 is 0 Å². The van der Waals surface area contributed by atoms with E-state index in [1.807, 2.05) is 0 Å². The fourth-order valence-electron chi connectivity index (χ4n) is 2.73. The fourth-order valence-corrected chi connectivity index (χ4v) is 2.73. The lowest BCUT2D eigenvalue weighted by Gasteiger charge is -2.19. The normalized spacial score (nSPS) is 20.8. The maximum Gasteiger partial charge on any atom is 0.120 e. The Balaban J connectivity index is 1.74. The van der Waals surface area contributed by atoms with Crippen molar-refractivity contribution in [2.75, 3.05) is 6.54 Å². The van der Waals surface area contributed by atoms with Crippen LogP contribution in [0.5, 0.6) is 5.75 Å². The zero-order chi connectivity index (χ0) is 10.8. The van der Waals surface area contributed by atoms with Gasteiger partial charge in [-0.1, -0.05) is 6.07 Å². The molecule has 2 heteroatoms. The molecule has 0 atom stereocenters. The van der Waals surface area contributed by atoms with Crippen molar-refractivity contribution in [3.05, 3.63) is 29.3 Å². The van der Waals surface area contributed by atoms with E-state index in [0.29, 0.717) is 6.10 Å². The molecule has 0 aromatic heterocycles. The van der Waals surface area contributed by atoms with Crippen LogP contribution in [0.3, 0.4) is 0 Å². The zero-order valence-corrected chi connectivity index (χ0v) is 9.67. The number of ether oxygens (including phenoxy) is 1. The van der Waals surface area contributed by atoms with Crippen LogP contribution in [-0.4, -0.2) is 12.6 Å². The molecule has 1 saturated carbocycles. The van der Waals surface area contributed by atoms with Crippen LogP contribution in [0.15, 0.2) is 18.2 Å². The van der Waals surface area contributed by atoms with Gasteiger partial charge in [-0.15, -0.1) is 0 Å². The standard InChI is InChI=1S/C14H19NO/c1-2-4-13(3-1)16-14-6-5-11-7-8-15-10-12(11)9-14/h5-6,9,13,15H,1-4,7-8,10H2. The molecule has 1 aliphatic carbocycles. The summed E-state index contributed by atoms with van der Waals surface area (Å²) in [6.45, 7) is 2.10. The third kappa shape index (κ3) is 2.07. The minimum Gasteiger partial charge on any atom is -0.490 e. The molecule has 2 nitrogen and oxygen atoms in total. The van der Waals surface area contributed by atoms with Crippen LogP contribution in [0.1, 0.15) is 36.8 Å². The van der Waals surface area contributed by atoms with Crippen LogP contribution in [0.25, 0.3) is 0 Å². The van der Waals surface area contributed by atoms with Crippen molar-refractivity contribution in [1.29, 1.82) is 0 Å². The Labute approximate surface area is 97.0 Å². The molecule has 0 radical (unpaired) electrons. The van der Waals surface area contributed by atoms with Gasteiger partial charge in [-0.3, -0.25) is 0 Å². The van der Waals surface area contributed by atoms with Crippen molar-refractivity contribution in [1.82, 2.24) is 5.32 Å². The summed E-state index contributed by atoms with van der Waals surface area (Å²) < 4.78 is 6.01. The van der Waals surface area contributed by atoms with Gasteiger partial charge in [0, 0.05) is 6.54 Å². The van der Waals surface area contributed by atoms with E-state index in [1.165, 1.54) is 36.8 Å². The Morgan fingerprint density at radius 3 is 2.88 bits per heavy atom. The average molecular weight is 217 g/mol. The molecule has 3 rings (SSSR count). The van der Waals surface area contributed by atoms with E-state index in [4.69, 9.17) is 4.74 Å². The molecule has 1 heterocycles. The average Bonchev–Trinajstić information content (AvgIpc) is 2.82. The molecule has 16 heavy (non-hydrogen) atoms. The SMILES string of the molecule is c1cc2c(cc1OC1CCCC1)CNCC2. The lowest BCUT2D eigenvalue weighted by Crippen LogP contribution is -2.23. The van der Waals surface area contributed by atoms with E-state index in [2.05, 4.69) is 23.5 Å². The molecular weight excluding hydrogens is 198 g/mol. The minimum absolute atomic E-state index is 0.467. The van der Waals surface area contributed by atoms with Crippen molar-refractivity contribution >= 4 is 0 Å². The van der Waals surface area contributed by atoms with E-state index in [1.54, 1.807) is 0 Å². The zero-order valence-electron chi connectivity index (χ0n) is 9.67. The highest BCUT2D eigenvalue weighted by Gasteiger charge is 2.17. The molecule has 1 aromatic rings. The maximum absolute atomic E-state index is 6.01. The molecule has 0 spiro atoms. The molecule has 0 unspecified atom stereocenters. The van der Waals surface area contributed by atoms with Crippen LogP contribution in [0, 0.1) is 0 Å². The monoisotopic (exact) mass is 217 g/mol. The number of benzene rings is 1. The lowest BCUT2D eigenvalue weighted by molar-refractivity contribution is 0.209. The number of rotatable bonds is 2. The van der Waals surface area contributed by atoms with Crippen molar-refractivity contribution in [2.24, 2.45) is 0 Å². The summed E-state index contributed by atoms with van der Waals surface area (Å²) in [4.78, 5) is 0. The predicted molar refractivity (Wildman–Crippen MR) is 64.7 cm³/mol. The summed E-state index contributed by atoms with van der Waals surface area (Å²) in [5.74, 6) is 1.06.